The Morgan fingerprint density at radius 3 is 2.22 bits per heavy atom. The van der Waals surface area contributed by atoms with Crippen molar-refractivity contribution in [2.45, 2.75) is 5.41 Å². The largest absolute Gasteiger partial charge is 0.300 e. The topological polar surface area (TPSA) is 6.48 Å². The Bertz CT molecular complexity index is 463. The molecule has 2 nitrogen and oxygen atoms in total. The average Bonchev–Trinajstić information content (AvgIpc) is 2.65. The monoisotopic (exact) mass is 240 g/mol. The van der Waals surface area contributed by atoms with Crippen LogP contribution in [0.3, 0.4) is 0 Å². The highest BCUT2D eigenvalue weighted by Crippen LogP contribution is 2.45. The van der Waals surface area contributed by atoms with Crippen molar-refractivity contribution in [1.29, 1.82) is 0 Å². The molecule has 0 N–H and O–H groups in total. The predicted octanol–water partition coefficient (Wildman–Crippen LogP) is 1.74. The second kappa shape index (κ2) is 3.69. The number of benzene rings is 1. The van der Waals surface area contributed by atoms with E-state index in [2.05, 4.69) is 46.7 Å². The van der Waals surface area contributed by atoms with Crippen molar-refractivity contribution in [2.75, 3.05) is 39.3 Å². The Morgan fingerprint density at radius 2 is 1.61 bits per heavy atom. The first-order valence-electron chi connectivity index (χ1n) is 6.97. The van der Waals surface area contributed by atoms with Crippen LogP contribution in [-0.4, -0.2) is 49.1 Å². The summed E-state index contributed by atoms with van der Waals surface area (Å²) in [6, 6.07) is 11.0. The molecule has 4 bridgehead atoms. The maximum absolute atomic E-state index is 4.49. The van der Waals surface area contributed by atoms with Crippen LogP contribution in [0.5, 0.6) is 0 Å². The first-order valence-corrected chi connectivity index (χ1v) is 6.97. The zero-order valence-electron chi connectivity index (χ0n) is 10.8. The van der Waals surface area contributed by atoms with Crippen molar-refractivity contribution in [3.63, 3.8) is 0 Å². The average molecular weight is 240 g/mol. The van der Waals surface area contributed by atoms with Gasteiger partial charge >= 0.3 is 0 Å². The van der Waals surface area contributed by atoms with Gasteiger partial charge in [-0.3, -0.25) is 0 Å². The van der Waals surface area contributed by atoms with Crippen molar-refractivity contribution in [1.82, 2.24) is 9.80 Å². The normalized spacial score (nSPS) is 42.0. The van der Waals surface area contributed by atoms with Gasteiger partial charge in [-0.2, -0.15) is 0 Å². The molecule has 18 heavy (non-hydrogen) atoms. The molecule has 4 aliphatic rings. The van der Waals surface area contributed by atoms with Gasteiger partial charge in [-0.1, -0.05) is 42.5 Å². The lowest BCUT2D eigenvalue weighted by Gasteiger charge is -2.52. The van der Waals surface area contributed by atoms with Gasteiger partial charge in [0.1, 0.15) is 0 Å². The van der Waals surface area contributed by atoms with Crippen LogP contribution in [0.4, 0.5) is 0 Å². The van der Waals surface area contributed by atoms with Gasteiger partial charge in [0.15, 0.2) is 0 Å². The molecule has 2 atom stereocenters. The van der Waals surface area contributed by atoms with Gasteiger partial charge in [0.25, 0.3) is 0 Å². The first kappa shape index (κ1) is 10.8. The fourth-order valence-corrected chi connectivity index (χ4v) is 4.19. The van der Waals surface area contributed by atoms with Crippen molar-refractivity contribution in [3.05, 3.63) is 48.0 Å². The molecule has 0 aromatic heterocycles. The quantitative estimate of drug-likeness (QED) is 0.690. The molecule has 5 rings (SSSR count). The highest BCUT2D eigenvalue weighted by molar-refractivity contribution is 5.41. The summed E-state index contributed by atoms with van der Waals surface area (Å²) >= 11 is 0. The van der Waals surface area contributed by atoms with E-state index in [9.17, 15) is 0 Å². The smallest absolute Gasteiger partial charge is 0.0417 e. The number of rotatable bonds is 1. The third-order valence-corrected chi connectivity index (χ3v) is 5.11. The van der Waals surface area contributed by atoms with Crippen LogP contribution in [0.2, 0.25) is 0 Å². The lowest BCUT2D eigenvalue weighted by molar-refractivity contribution is 0.118. The van der Waals surface area contributed by atoms with E-state index in [-0.39, 0.29) is 5.41 Å². The second-order valence-electron chi connectivity index (χ2n) is 6.14. The molecule has 1 aromatic carbocycles. The zero-order chi connectivity index (χ0) is 12.2. The van der Waals surface area contributed by atoms with Crippen LogP contribution in [0, 0.1) is 5.92 Å². The number of hydrogen-bond donors (Lipinski definition) is 0. The molecule has 1 aromatic rings. The maximum Gasteiger partial charge on any atom is 0.0417 e. The van der Waals surface area contributed by atoms with Crippen LogP contribution in [0.25, 0.3) is 0 Å². The standard InChI is InChI=1S/C16H20N2/c1-13-14-9-17-7-8-18(10-14)12-16(13,11-17)15-5-3-2-4-6-15/h2-6,14H,1,7-12H2. The van der Waals surface area contributed by atoms with Gasteiger partial charge < -0.3 is 9.80 Å². The molecule has 4 saturated heterocycles. The summed E-state index contributed by atoms with van der Waals surface area (Å²) in [5.74, 6) is 0.676. The molecular weight excluding hydrogens is 220 g/mol. The van der Waals surface area contributed by atoms with E-state index in [4.69, 9.17) is 0 Å². The van der Waals surface area contributed by atoms with Gasteiger partial charge in [0.2, 0.25) is 0 Å². The van der Waals surface area contributed by atoms with E-state index in [1.54, 1.807) is 0 Å². The first-order chi connectivity index (χ1) is 8.78. The van der Waals surface area contributed by atoms with Gasteiger partial charge in [0, 0.05) is 50.6 Å². The summed E-state index contributed by atoms with van der Waals surface area (Å²) in [7, 11) is 0. The Balaban J connectivity index is 1.85. The highest BCUT2D eigenvalue weighted by atomic mass is 15.3. The van der Waals surface area contributed by atoms with Crippen LogP contribution in [0.15, 0.2) is 42.5 Å². The lowest BCUT2D eigenvalue weighted by atomic mass is 9.65. The van der Waals surface area contributed by atoms with Gasteiger partial charge in [-0.15, -0.1) is 0 Å². The minimum absolute atomic E-state index is 0.193. The summed E-state index contributed by atoms with van der Waals surface area (Å²) in [5, 5.41) is 0. The van der Waals surface area contributed by atoms with Gasteiger partial charge in [-0.25, -0.2) is 0 Å². The molecule has 2 heteroatoms. The van der Waals surface area contributed by atoms with Crippen molar-refractivity contribution < 1.29 is 0 Å². The van der Waals surface area contributed by atoms with E-state index in [1.807, 2.05) is 0 Å². The molecule has 0 spiro atoms. The molecule has 2 unspecified atom stereocenters. The molecule has 94 valence electrons. The van der Waals surface area contributed by atoms with E-state index < -0.39 is 0 Å². The van der Waals surface area contributed by atoms with E-state index in [1.165, 1.54) is 50.4 Å². The number of hydrogen-bond acceptors (Lipinski definition) is 2. The fourth-order valence-electron chi connectivity index (χ4n) is 4.19. The van der Waals surface area contributed by atoms with E-state index in [0.717, 1.165) is 0 Å². The summed E-state index contributed by atoms with van der Waals surface area (Å²) in [4.78, 5) is 5.30. The summed E-state index contributed by atoms with van der Waals surface area (Å²) in [6.07, 6.45) is 0. The summed E-state index contributed by atoms with van der Waals surface area (Å²) in [6.45, 7) is 11.8. The number of piperidine rings is 2. The molecule has 0 radical (unpaired) electrons. The Kier molecular flexibility index (Phi) is 2.21. The van der Waals surface area contributed by atoms with Crippen LogP contribution >= 0.6 is 0 Å². The fraction of sp³-hybridized carbons (Fsp3) is 0.500. The number of fused-ring (bicyclic) bond motifs is 1. The Labute approximate surface area is 109 Å². The minimum Gasteiger partial charge on any atom is -0.300 e. The molecular formula is C16H20N2. The minimum atomic E-state index is 0.193. The van der Waals surface area contributed by atoms with Crippen LogP contribution < -0.4 is 0 Å². The van der Waals surface area contributed by atoms with Crippen LogP contribution in [0.1, 0.15) is 5.56 Å². The Hall–Kier alpha value is -1.12. The third kappa shape index (κ3) is 1.36. The van der Waals surface area contributed by atoms with E-state index in [0.29, 0.717) is 5.92 Å². The number of nitrogens with zero attached hydrogens (tertiary/aromatic N) is 2. The molecule has 4 fully saturated rings. The molecule has 0 saturated carbocycles. The van der Waals surface area contributed by atoms with E-state index >= 15 is 0 Å². The lowest BCUT2D eigenvalue weighted by Crippen LogP contribution is -2.58. The van der Waals surface area contributed by atoms with Crippen molar-refractivity contribution in [2.24, 2.45) is 5.92 Å². The summed E-state index contributed by atoms with van der Waals surface area (Å²) < 4.78 is 0. The maximum atomic E-state index is 4.49. The predicted molar refractivity (Wildman–Crippen MR) is 73.6 cm³/mol. The van der Waals surface area contributed by atoms with Gasteiger partial charge in [0.05, 0.1) is 0 Å². The highest BCUT2D eigenvalue weighted by Gasteiger charge is 2.50. The Morgan fingerprint density at radius 1 is 1.00 bits per heavy atom. The SMILES string of the molecule is C=C1C2CN3CCN(C2)CC1(c1ccccc1)C3. The zero-order valence-corrected chi connectivity index (χ0v) is 10.8. The second-order valence-corrected chi connectivity index (χ2v) is 6.14. The molecule has 4 heterocycles. The molecule has 0 aliphatic carbocycles. The van der Waals surface area contributed by atoms with Crippen LogP contribution in [-0.2, 0) is 5.41 Å². The van der Waals surface area contributed by atoms with Gasteiger partial charge in [-0.05, 0) is 5.56 Å². The third-order valence-electron chi connectivity index (χ3n) is 5.11. The van der Waals surface area contributed by atoms with Crippen molar-refractivity contribution in [3.8, 4) is 0 Å². The molecule has 4 aliphatic heterocycles. The molecule has 0 amide bonds. The summed E-state index contributed by atoms with van der Waals surface area (Å²) in [5.41, 5.74) is 3.15. The van der Waals surface area contributed by atoms with Crippen molar-refractivity contribution >= 4 is 0 Å².